The Kier molecular flexibility index (Phi) is 18.6. The minimum atomic E-state index is -0.300. The van der Waals surface area contributed by atoms with Crippen molar-refractivity contribution in [3.63, 3.8) is 0 Å². The van der Waals surface area contributed by atoms with Crippen LogP contribution in [0.15, 0.2) is 71.4 Å². The number of aliphatic hydroxyl groups is 1. The van der Waals surface area contributed by atoms with Crippen LogP contribution in [0.3, 0.4) is 0 Å². The van der Waals surface area contributed by atoms with Crippen LogP contribution in [0.1, 0.15) is 188 Å². The summed E-state index contributed by atoms with van der Waals surface area (Å²) < 4.78 is 5.21. The van der Waals surface area contributed by atoms with Crippen molar-refractivity contribution < 1.29 is 9.84 Å². The van der Waals surface area contributed by atoms with E-state index in [0.717, 1.165) is 38.7 Å². The van der Waals surface area contributed by atoms with Crippen LogP contribution in [0, 0.1) is 0 Å². The molecule has 0 radical (unpaired) electrons. The number of hydrogen-bond acceptors (Lipinski definition) is 6. The van der Waals surface area contributed by atoms with E-state index in [-0.39, 0.29) is 28.0 Å². The van der Waals surface area contributed by atoms with E-state index in [9.17, 15) is 5.11 Å². The Balaban J connectivity index is 0.000000190. The summed E-state index contributed by atoms with van der Waals surface area (Å²) in [5.74, 6) is 0. The van der Waals surface area contributed by atoms with Gasteiger partial charge in [0.2, 0.25) is 0 Å². The number of nitrogens with one attached hydrogen (secondary N) is 1. The second-order valence-corrected chi connectivity index (χ2v) is 22.3. The average molecular weight is 855 g/mol. The van der Waals surface area contributed by atoms with Crippen molar-refractivity contribution in [2.24, 2.45) is 5.73 Å². The Morgan fingerprint density at radius 3 is 1.72 bits per heavy atom. The zero-order valence-electron chi connectivity index (χ0n) is 39.0. The predicted octanol–water partition coefficient (Wildman–Crippen LogP) is 13.9. The number of thiophene rings is 2. The number of ether oxygens (including phenoxy) is 1. The van der Waals surface area contributed by atoms with Gasteiger partial charge in [0, 0.05) is 27.4 Å². The fourth-order valence-corrected chi connectivity index (χ4v) is 11.1. The maximum absolute atomic E-state index is 10.8. The molecule has 2 saturated carbocycles. The molecule has 0 spiro atoms. The molecule has 0 amide bonds. The fraction of sp³-hybridized carbons (Fsp3) is 0.630. The van der Waals surface area contributed by atoms with Gasteiger partial charge in [-0.3, -0.25) is 0 Å². The van der Waals surface area contributed by atoms with Crippen LogP contribution in [0.25, 0.3) is 0 Å². The fourth-order valence-electron chi connectivity index (χ4n) is 9.17. The van der Waals surface area contributed by atoms with Crippen LogP contribution < -0.4 is 11.1 Å². The highest BCUT2D eigenvalue weighted by Crippen LogP contribution is 2.39. The van der Waals surface area contributed by atoms with Crippen molar-refractivity contribution in [1.29, 1.82) is 0 Å². The molecule has 2 aromatic carbocycles. The van der Waals surface area contributed by atoms with E-state index >= 15 is 0 Å². The van der Waals surface area contributed by atoms with Crippen molar-refractivity contribution in [3.05, 3.63) is 115 Å². The Bertz CT molecular complexity index is 1830. The number of aryl methyl sites for hydroxylation is 4. The first-order valence-corrected chi connectivity index (χ1v) is 25.6. The van der Waals surface area contributed by atoms with Gasteiger partial charge in [-0.15, -0.1) is 22.7 Å². The molecule has 2 aliphatic carbocycles. The summed E-state index contributed by atoms with van der Waals surface area (Å²) >= 11 is 3.75. The third-order valence-corrected chi connectivity index (χ3v) is 15.3. The highest BCUT2D eigenvalue weighted by Gasteiger charge is 2.35. The number of benzene rings is 2. The Morgan fingerprint density at radius 1 is 0.700 bits per heavy atom. The molecule has 1 saturated heterocycles. The van der Waals surface area contributed by atoms with Gasteiger partial charge in [0.05, 0.1) is 18.8 Å². The van der Waals surface area contributed by atoms with Gasteiger partial charge in [-0.2, -0.15) is 0 Å². The summed E-state index contributed by atoms with van der Waals surface area (Å²) in [6.07, 6.45) is 21.7. The molecular formula is C54H82N2O2S2. The molecule has 0 bridgehead atoms. The SMILES string of the molecule is CC(C)(C)c1cccc(C2(N)CCCCC2)c1.CCCc1ccsc1CCC(O)CNC1(c2cccc(C(C)(C)C)c2)CCCCC1.CCCc1ccsc1CCC1CO1. The number of rotatable bonds is 15. The molecule has 2 atom stereocenters. The van der Waals surface area contributed by atoms with E-state index in [0.29, 0.717) is 12.6 Å². The molecule has 7 rings (SSSR count). The van der Waals surface area contributed by atoms with Crippen molar-refractivity contribution in [2.75, 3.05) is 13.2 Å². The topological polar surface area (TPSA) is 70.8 Å². The molecule has 4 nitrogen and oxygen atoms in total. The van der Waals surface area contributed by atoms with Crippen LogP contribution in [0.2, 0.25) is 0 Å². The number of epoxide rings is 1. The van der Waals surface area contributed by atoms with E-state index in [1.807, 2.05) is 22.7 Å². The minimum absolute atomic E-state index is 0.0107. The lowest BCUT2D eigenvalue weighted by molar-refractivity contribution is 0.132. The third kappa shape index (κ3) is 14.6. The van der Waals surface area contributed by atoms with Gasteiger partial charge in [-0.1, -0.05) is 155 Å². The van der Waals surface area contributed by atoms with Gasteiger partial charge in [0.1, 0.15) is 0 Å². The Morgan fingerprint density at radius 2 is 1.20 bits per heavy atom. The molecule has 60 heavy (non-hydrogen) atoms. The first-order chi connectivity index (χ1) is 28.7. The lowest BCUT2D eigenvalue weighted by Gasteiger charge is -2.40. The second kappa shape index (κ2) is 22.9. The summed E-state index contributed by atoms with van der Waals surface area (Å²) in [4.78, 5) is 3.04. The lowest BCUT2D eigenvalue weighted by atomic mass is 9.74. The van der Waals surface area contributed by atoms with E-state index in [1.165, 1.54) is 116 Å². The van der Waals surface area contributed by atoms with Crippen LogP contribution in [0.4, 0.5) is 0 Å². The van der Waals surface area contributed by atoms with Gasteiger partial charge < -0.3 is 20.9 Å². The molecule has 332 valence electrons. The number of nitrogens with two attached hydrogens (primary N) is 1. The monoisotopic (exact) mass is 855 g/mol. The van der Waals surface area contributed by atoms with Crippen molar-refractivity contribution in [2.45, 2.75) is 205 Å². The average Bonchev–Trinajstić information content (AvgIpc) is 3.79. The molecule has 1 aliphatic heterocycles. The van der Waals surface area contributed by atoms with Crippen LogP contribution >= 0.6 is 22.7 Å². The summed E-state index contributed by atoms with van der Waals surface area (Å²) in [7, 11) is 0. The van der Waals surface area contributed by atoms with Crippen LogP contribution in [-0.4, -0.2) is 30.5 Å². The second-order valence-electron chi connectivity index (χ2n) is 20.3. The summed E-state index contributed by atoms with van der Waals surface area (Å²) in [5.41, 5.74) is 15.5. The molecule has 3 aliphatic rings. The summed E-state index contributed by atoms with van der Waals surface area (Å²) in [6, 6.07) is 22.6. The van der Waals surface area contributed by atoms with Crippen LogP contribution in [-0.2, 0) is 52.3 Å². The van der Waals surface area contributed by atoms with Crippen molar-refractivity contribution >= 4 is 22.7 Å². The van der Waals surface area contributed by atoms with E-state index < -0.39 is 0 Å². The lowest BCUT2D eigenvalue weighted by Crippen LogP contribution is -2.47. The van der Waals surface area contributed by atoms with Crippen molar-refractivity contribution in [3.8, 4) is 0 Å². The molecule has 4 N–H and O–H groups in total. The van der Waals surface area contributed by atoms with Gasteiger partial charge in [0.25, 0.3) is 0 Å². The van der Waals surface area contributed by atoms with Gasteiger partial charge in [0.15, 0.2) is 0 Å². The number of aliphatic hydroxyl groups excluding tert-OH is 1. The van der Waals surface area contributed by atoms with Crippen molar-refractivity contribution in [1.82, 2.24) is 5.32 Å². The maximum atomic E-state index is 10.8. The first-order valence-electron chi connectivity index (χ1n) is 23.8. The molecule has 3 heterocycles. The molecular weight excluding hydrogens is 773 g/mol. The summed E-state index contributed by atoms with van der Waals surface area (Å²) in [6.45, 7) is 19.8. The number of hydrogen-bond donors (Lipinski definition) is 3. The van der Waals surface area contributed by atoms with E-state index in [1.54, 1.807) is 10.4 Å². The van der Waals surface area contributed by atoms with Gasteiger partial charge in [-0.25, -0.2) is 0 Å². The van der Waals surface area contributed by atoms with Gasteiger partial charge in [-0.05, 0) is 131 Å². The smallest absolute Gasteiger partial charge is 0.0813 e. The molecule has 6 heteroatoms. The Hall–Kier alpha value is -2.32. The first kappa shape index (κ1) is 48.7. The predicted molar refractivity (Wildman–Crippen MR) is 261 cm³/mol. The van der Waals surface area contributed by atoms with Gasteiger partial charge >= 0.3 is 0 Å². The minimum Gasteiger partial charge on any atom is -0.392 e. The highest BCUT2D eigenvalue weighted by atomic mass is 32.1. The molecule has 2 aromatic heterocycles. The Labute approximate surface area is 374 Å². The molecule has 4 aromatic rings. The van der Waals surface area contributed by atoms with E-state index in [4.69, 9.17) is 10.5 Å². The zero-order chi connectivity index (χ0) is 43.2. The van der Waals surface area contributed by atoms with Crippen LogP contribution in [0.5, 0.6) is 0 Å². The molecule has 3 fully saturated rings. The van der Waals surface area contributed by atoms with E-state index in [2.05, 4.69) is 132 Å². The quantitative estimate of drug-likeness (QED) is 0.104. The third-order valence-electron chi connectivity index (χ3n) is 13.2. The maximum Gasteiger partial charge on any atom is 0.0813 e. The largest absolute Gasteiger partial charge is 0.392 e. The zero-order valence-corrected chi connectivity index (χ0v) is 40.6. The summed E-state index contributed by atoms with van der Waals surface area (Å²) in [5, 5.41) is 19.1. The molecule has 2 unspecified atom stereocenters. The normalized spacial score (nSPS) is 19.1. The highest BCUT2D eigenvalue weighted by molar-refractivity contribution is 7.10. The standard InChI is InChI=1S/C27H41NOS.C16H25N.C11H16OS/c1-5-10-21-15-18-30-25(21)14-13-24(29)20-28-27(16-7-6-8-17-27)23-12-9-11-22(19-23)26(2,3)4;1-15(2,3)13-8-7-9-14(12-13)16(17)10-5-4-6-11-16;1-2-3-9-6-7-13-11(9)5-4-10-8-12-10/h9,11-12,15,18-19,24,28-29H,5-8,10,13-14,16-17,20H2,1-4H3;7-9,12H,4-6,10-11,17H2,1-3H3;6-7,10H,2-5,8H2,1H3.